The minimum absolute atomic E-state index is 0.103. The van der Waals surface area contributed by atoms with Crippen LogP contribution in [0.1, 0.15) is 10.4 Å². The Bertz CT molecular complexity index is 1030. The summed E-state index contributed by atoms with van der Waals surface area (Å²) in [5.74, 6) is 0.267. The molecular formula is C20H18N2O4S. The van der Waals surface area contributed by atoms with Crippen molar-refractivity contribution in [1.29, 1.82) is 0 Å². The van der Waals surface area contributed by atoms with Gasteiger partial charge in [-0.1, -0.05) is 24.3 Å². The highest BCUT2D eigenvalue weighted by atomic mass is 32.2. The number of methoxy groups -OCH3 is 1. The maximum atomic E-state index is 12.4. The van der Waals surface area contributed by atoms with Gasteiger partial charge in [0.15, 0.2) is 0 Å². The fourth-order valence-electron chi connectivity index (χ4n) is 2.41. The van der Waals surface area contributed by atoms with Gasteiger partial charge in [-0.25, -0.2) is 8.42 Å². The first kappa shape index (κ1) is 18.5. The number of benzene rings is 3. The minimum atomic E-state index is -3.70. The third kappa shape index (κ3) is 4.65. The van der Waals surface area contributed by atoms with Crippen LogP contribution in [0.15, 0.2) is 83.8 Å². The number of nitrogens with one attached hydrogen (secondary N) is 2. The number of para-hydroxylation sites is 1. The standard InChI is InChI=1S/C20H18N2O4S/c1-26-18-9-5-6-15(14-18)20(23)21-16-10-12-19(13-11-16)27(24,25)22-17-7-3-2-4-8-17/h2-14,22H,1H3,(H,21,23). The van der Waals surface area contributed by atoms with Crippen molar-refractivity contribution in [2.75, 3.05) is 17.1 Å². The van der Waals surface area contributed by atoms with Crippen LogP contribution in [-0.2, 0) is 10.0 Å². The van der Waals surface area contributed by atoms with E-state index in [1.54, 1.807) is 54.6 Å². The quantitative estimate of drug-likeness (QED) is 0.680. The van der Waals surface area contributed by atoms with Crippen molar-refractivity contribution in [2.24, 2.45) is 0 Å². The fraction of sp³-hybridized carbons (Fsp3) is 0.0500. The minimum Gasteiger partial charge on any atom is -0.497 e. The third-order valence-electron chi connectivity index (χ3n) is 3.78. The van der Waals surface area contributed by atoms with Crippen molar-refractivity contribution < 1.29 is 17.9 Å². The maximum absolute atomic E-state index is 12.4. The van der Waals surface area contributed by atoms with Gasteiger partial charge in [0.2, 0.25) is 0 Å². The highest BCUT2D eigenvalue weighted by Gasteiger charge is 2.14. The highest BCUT2D eigenvalue weighted by Crippen LogP contribution is 2.19. The van der Waals surface area contributed by atoms with Crippen LogP contribution in [0.3, 0.4) is 0 Å². The number of hydrogen-bond acceptors (Lipinski definition) is 4. The zero-order valence-electron chi connectivity index (χ0n) is 14.5. The van der Waals surface area contributed by atoms with Crippen LogP contribution in [0, 0.1) is 0 Å². The molecule has 0 heterocycles. The summed E-state index contributed by atoms with van der Waals surface area (Å²) in [7, 11) is -2.17. The first-order valence-corrected chi connectivity index (χ1v) is 9.59. The van der Waals surface area contributed by atoms with Crippen LogP contribution in [0.25, 0.3) is 0 Å². The van der Waals surface area contributed by atoms with Crippen molar-refractivity contribution in [2.45, 2.75) is 4.90 Å². The predicted molar refractivity (Wildman–Crippen MR) is 105 cm³/mol. The first-order chi connectivity index (χ1) is 13.0. The summed E-state index contributed by atoms with van der Waals surface area (Å²) in [5.41, 5.74) is 1.41. The van der Waals surface area contributed by atoms with E-state index in [1.807, 2.05) is 0 Å². The lowest BCUT2D eigenvalue weighted by Crippen LogP contribution is -2.14. The zero-order chi connectivity index (χ0) is 19.3. The highest BCUT2D eigenvalue weighted by molar-refractivity contribution is 7.92. The van der Waals surface area contributed by atoms with Gasteiger partial charge in [0.05, 0.1) is 12.0 Å². The summed E-state index contributed by atoms with van der Waals surface area (Å²) in [5, 5.41) is 2.73. The van der Waals surface area contributed by atoms with E-state index < -0.39 is 10.0 Å². The maximum Gasteiger partial charge on any atom is 0.261 e. The van der Waals surface area contributed by atoms with Gasteiger partial charge in [-0.05, 0) is 54.6 Å². The summed E-state index contributed by atoms with van der Waals surface area (Å²) in [6.45, 7) is 0. The van der Waals surface area contributed by atoms with Gasteiger partial charge in [-0.2, -0.15) is 0 Å². The van der Waals surface area contributed by atoms with Crippen molar-refractivity contribution in [1.82, 2.24) is 0 Å². The SMILES string of the molecule is COc1cccc(C(=O)Nc2ccc(S(=O)(=O)Nc3ccccc3)cc2)c1. The lowest BCUT2D eigenvalue weighted by Gasteiger charge is -2.10. The monoisotopic (exact) mass is 382 g/mol. The molecule has 0 saturated heterocycles. The van der Waals surface area contributed by atoms with Crippen LogP contribution in [-0.4, -0.2) is 21.4 Å². The van der Waals surface area contributed by atoms with Gasteiger partial charge in [-0.15, -0.1) is 0 Å². The third-order valence-corrected chi connectivity index (χ3v) is 5.18. The normalized spacial score (nSPS) is 10.9. The van der Waals surface area contributed by atoms with E-state index in [2.05, 4.69) is 10.0 Å². The average Bonchev–Trinajstić information content (AvgIpc) is 2.69. The number of rotatable bonds is 6. The van der Waals surface area contributed by atoms with Crippen molar-refractivity contribution in [3.8, 4) is 5.75 Å². The Balaban J connectivity index is 1.72. The van der Waals surface area contributed by atoms with E-state index >= 15 is 0 Å². The van der Waals surface area contributed by atoms with Crippen LogP contribution in [0.2, 0.25) is 0 Å². The van der Waals surface area contributed by atoms with E-state index in [4.69, 9.17) is 4.74 Å². The second-order valence-corrected chi connectivity index (χ2v) is 7.36. The Morgan fingerprint density at radius 1 is 0.852 bits per heavy atom. The number of anilines is 2. The number of ether oxygens (including phenoxy) is 1. The van der Waals surface area contributed by atoms with E-state index in [9.17, 15) is 13.2 Å². The van der Waals surface area contributed by atoms with Gasteiger partial charge in [-0.3, -0.25) is 9.52 Å². The van der Waals surface area contributed by atoms with Gasteiger partial charge < -0.3 is 10.1 Å². The Morgan fingerprint density at radius 3 is 2.22 bits per heavy atom. The van der Waals surface area contributed by atoms with Crippen molar-refractivity contribution >= 4 is 27.3 Å². The smallest absolute Gasteiger partial charge is 0.261 e. The molecule has 138 valence electrons. The summed E-state index contributed by atoms with van der Waals surface area (Å²) in [4.78, 5) is 12.4. The molecule has 0 radical (unpaired) electrons. The summed E-state index contributed by atoms with van der Waals surface area (Å²) in [6.07, 6.45) is 0. The predicted octanol–water partition coefficient (Wildman–Crippen LogP) is 3.75. The first-order valence-electron chi connectivity index (χ1n) is 8.11. The lowest BCUT2D eigenvalue weighted by molar-refractivity contribution is 0.102. The van der Waals surface area contributed by atoms with Gasteiger partial charge >= 0.3 is 0 Å². The van der Waals surface area contributed by atoms with E-state index in [1.165, 1.54) is 31.4 Å². The molecule has 3 rings (SSSR count). The number of carbonyl (C=O) groups excluding carboxylic acids is 1. The van der Waals surface area contributed by atoms with Gasteiger partial charge in [0.1, 0.15) is 5.75 Å². The molecule has 0 aliphatic heterocycles. The molecule has 3 aromatic rings. The summed E-state index contributed by atoms with van der Waals surface area (Å²) < 4.78 is 32.4. The average molecular weight is 382 g/mol. The van der Waals surface area contributed by atoms with Crippen LogP contribution in [0.4, 0.5) is 11.4 Å². The Hall–Kier alpha value is -3.32. The number of sulfonamides is 1. The Morgan fingerprint density at radius 2 is 1.56 bits per heavy atom. The number of hydrogen-bond donors (Lipinski definition) is 2. The second-order valence-electron chi connectivity index (χ2n) is 5.68. The molecule has 0 spiro atoms. The van der Waals surface area contributed by atoms with Gasteiger partial charge in [0, 0.05) is 16.9 Å². The fourth-order valence-corrected chi connectivity index (χ4v) is 3.46. The number of amides is 1. The molecule has 1 amide bonds. The van der Waals surface area contributed by atoms with E-state index in [-0.39, 0.29) is 10.8 Å². The van der Waals surface area contributed by atoms with E-state index in [0.717, 1.165) is 0 Å². The molecule has 0 unspecified atom stereocenters. The molecule has 0 fully saturated rings. The van der Waals surface area contributed by atoms with Crippen LogP contribution in [0.5, 0.6) is 5.75 Å². The molecular weight excluding hydrogens is 364 g/mol. The summed E-state index contributed by atoms with van der Waals surface area (Å²) in [6, 6.07) is 21.3. The molecule has 3 aromatic carbocycles. The molecule has 2 N–H and O–H groups in total. The Labute approximate surface area is 157 Å². The van der Waals surface area contributed by atoms with Crippen LogP contribution < -0.4 is 14.8 Å². The van der Waals surface area contributed by atoms with Crippen molar-refractivity contribution in [3.63, 3.8) is 0 Å². The molecule has 0 aliphatic rings. The van der Waals surface area contributed by atoms with Gasteiger partial charge in [0.25, 0.3) is 15.9 Å². The molecule has 0 aromatic heterocycles. The molecule has 7 heteroatoms. The van der Waals surface area contributed by atoms with Crippen molar-refractivity contribution in [3.05, 3.63) is 84.4 Å². The van der Waals surface area contributed by atoms with E-state index in [0.29, 0.717) is 22.7 Å². The topological polar surface area (TPSA) is 84.5 Å². The summed E-state index contributed by atoms with van der Waals surface area (Å²) >= 11 is 0. The molecule has 0 atom stereocenters. The molecule has 27 heavy (non-hydrogen) atoms. The number of carbonyl (C=O) groups is 1. The molecule has 0 aliphatic carbocycles. The van der Waals surface area contributed by atoms with Crippen LogP contribution >= 0.6 is 0 Å². The second kappa shape index (κ2) is 7.92. The molecule has 0 saturated carbocycles. The molecule has 0 bridgehead atoms. The Kier molecular flexibility index (Phi) is 5.42. The lowest BCUT2D eigenvalue weighted by atomic mass is 10.2. The molecule has 6 nitrogen and oxygen atoms in total. The largest absolute Gasteiger partial charge is 0.497 e. The zero-order valence-corrected chi connectivity index (χ0v) is 15.4.